The third-order valence-corrected chi connectivity index (χ3v) is 4.77. The Hall–Kier alpha value is -3.29. The van der Waals surface area contributed by atoms with Crippen molar-refractivity contribution in [2.45, 2.75) is 18.9 Å². The number of nitrogens with zero attached hydrogens (tertiary/aromatic N) is 4. The number of nitrogens with two attached hydrogens (primary N) is 2. The molecule has 3 aromatic heterocycles. The number of rotatable bonds is 4. The molecule has 1 aliphatic heterocycles. The molecule has 5 N–H and O–H groups in total. The van der Waals surface area contributed by atoms with E-state index in [0.29, 0.717) is 11.3 Å². The second-order valence-corrected chi connectivity index (χ2v) is 6.49. The molecule has 8 nitrogen and oxygen atoms in total. The Morgan fingerprint density at radius 1 is 1.19 bits per heavy atom. The van der Waals surface area contributed by atoms with Crippen molar-refractivity contribution in [1.29, 1.82) is 0 Å². The molecule has 0 aromatic carbocycles. The number of carbonyl (C=O) groups is 1. The molecule has 4 rings (SSSR count). The summed E-state index contributed by atoms with van der Waals surface area (Å²) in [6.45, 7) is 1.76. The molecular formula is C18H21N7O. The molecular weight excluding hydrogens is 330 g/mol. The van der Waals surface area contributed by atoms with Crippen LogP contribution in [0.25, 0.3) is 5.52 Å². The average Bonchev–Trinajstić information content (AvgIpc) is 3.12. The summed E-state index contributed by atoms with van der Waals surface area (Å²) in [5, 5.41) is 7.74. The first-order chi connectivity index (χ1) is 12.6. The summed E-state index contributed by atoms with van der Waals surface area (Å²) in [5.74, 6) is 0.459. The molecule has 8 heteroatoms. The van der Waals surface area contributed by atoms with Crippen molar-refractivity contribution < 1.29 is 4.79 Å². The van der Waals surface area contributed by atoms with Crippen LogP contribution in [0.2, 0.25) is 0 Å². The maximum atomic E-state index is 11.8. The Morgan fingerprint density at radius 3 is 2.69 bits per heavy atom. The van der Waals surface area contributed by atoms with Gasteiger partial charge >= 0.3 is 0 Å². The van der Waals surface area contributed by atoms with E-state index in [9.17, 15) is 4.79 Å². The van der Waals surface area contributed by atoms with Crippen LogP contribution in [0.1, 0.15) is 23.2 Å². The Morgan fingerprint density at radius 2 is 2.00 bits per heavy atom. The van der Waals surface area contributed by atoms with Crippen molar-refractivity contribution in [2.75, 3.05) is 29.0 Å². The van der Waals surface area contributed by atoms with Gasteiger partial charge in [0.05, 0.1) is 34.8 Å². The topological polar surface area (TPSA) is 115 Å². The van der Waals surface area contributed by atoms with Crippen LogP contribution >= 0.6 is 0 Å². The van der Waals surface area contributed by atoms with Crippen LogP contribution in [-0.2, 0) is 0 Å². The van der Waals surface area contributed by atoms with E-state index in [4.69, 9.17) is 11.5 Å². The largest absolute Gasteiger partial charge is 0.397 e. The molecule has 0 radical (unpaired) electrons. The van der Waals surface area contributed by atoms with Crippen LogP contribution in [0.15, 0.2) is 42.9 Å². The van der Waals surface area contributed by atoms with E-state index >= 15 is 0 Å². The Labute approximate surface area is 150 Å². The highest BCUT2D eigenvalue weighted by atomic mass is 16.1. The highest BCUT2D eigenvalue weighted by molar-refractivity contribution is 6.01. The number of nitrogen functional groups attached to an aromatic ring is 1. The normalized spacial score (nSPS) is 15.3. The Balaban J connectivity index is 1.50. The van der Waals surface area contributed by atoms with Gasteiger partial charge in [-0.15, -0.1) is 0 Å². The first-order valence-electron chi connectivity index (χ1n) is 8.61. The van der Waals surface area contributed by atoms with Gasteiger partial charge in [0.25, 0.3) is 5.91 Å². The second kappa shape index (κ2) is 6.55. The summed E-state index contributed by atoms with van der Waals surface area (Å²) in [7, 11) is 0. The molecule has 0 unspecified atom stereocenters. The minimum atomic E-state index is -0.479. The molecule has 1 amide bonds. The SMILES string of the molecule is NC(=O)c1cnn2cccc2c1NC1CCN(c2ccc(N)cn2)CC1. The van der Waals surface area contributed by atoms with E-state index in [0.717, 1.165) is 43.0 Å². The zero-order valence-corrected chi connectivity index (χ0v) is 14.3. The number of nitrogens with one attached hydrogen (secondary N) is 1. The first-order valence-corrected chi connectivity index (χ1v) is 8.61. The number of fused-ring (bicyclic) bond motifs is 1. The molecule has 3 aromatic rings. The minimum Gasteiger partial charge on any atom is -0.397 e. The van der Waals surface area contributed by atoms with Crippen molar-refractivity contribution in [3.63, 3.8) is 0 Å². The number of pyridine rings is 1. The van der Waals surface area contributed by atoms with E-state index in [1.807, 2.05) is 30.5 Å². The number of aromatic nitrogens is 3. The Kier molecular flexibility index (Phi) is 4.08. The third-order valence-electron chi connectivity index (χ3n) is 4.77. The van der Waals surface area contributed by atoms with Crippen LogP contribution in [-0.4, -0.2) is 39.6 Å². The van der Waals surface area contributed by atoms with Gasteiger partial charge in [0.15, 0.2) is 0 Å². The van der Waals surface area contributed by atoms with Crippen LogP contribution < -0.4 is 21.7 Å². The summed E-state index contributed by atoms with van der Waals surface area (Å²) in [6, 6.07) is 7.88. The maximum Gasteiger partial charge on any atom is 0.252 e. The molecule has 26 heavy (non-hydrogen) atoms. The smallest absolute Gasteiger partial charge is 0.252 e. The predicted octanol–water partition coefficient (Wildman–Crippen LogP) is 1.49. The number of anilines is 3. The van der Waals surface area contributed by atoms with Gasteiger partial charge in [-0.1, -0.05) is 0 Å². The van der Waals surface area contributed by atoms with Gasteiger partial charge in [0.1, 0.15) is 5.82 Å². The van der Waals surface area contributed by atoms with Gasteiger partial charge in [0, 0.05) is 25.3 Å². The second-order valence-electron chi connectivity index (χ2n) is 6.49. The zero-order chi connectivity index (χ0) is 18.1. The number of amides is 1. The maximum absolute atomic E-state index is 11.8. The average molecular weight is 351 g/mol. The summed E-state index contributed by atoms with van der Waals surface area (Å²) in [5.41, 5.74) is 13.9. The first kappa shape index (κ1) is 16.2. The fourth-order valence-corrected chi connectivity index (χ4v) is 3.37. The molecule has 1 aliphatic rings. The van der Waals surface area contributed by atoms with Gasteiger partial charge in [0.2, 0.25) is 0 Å². The van der Waals surface area contributed by atoms with Crippen molar-refractivity contribution in [2.24, 2.45) is 5.73 Å². The number of carbonyl (C=O) groups excluding carboxylic acids is 1. The lowest BCUT2D eigenvalue weighted by molar-refractivity contribution is 0.100. The van der Waals surface area contributed by atoms with E-state index in [1.54, 1.807) is 10.7 Å². The molecule has 0 aliphatic carbocycles. The highest BCUT2D eigenvalue weighted by Crippen LogP contribution is 2.26. The third kappa shape index (κ3) is 3.01. The number of primary amides is 1. The zero-order valence-electron chi connectivity index (χ0n) is 14.3. The van der Waals surface area contributed by atoms with Gasteiger partial charge in [-0.3, -0.25) is 4.79 Å². The molecule has 1 fully saturated rings. The fraction of sp³-hybridized carbons (Fsp3) is 0.278. The van der Waals surface area contributed by atoms with E-state index < -0.39 is 5.91 Å². The standard InChI is InChI=1S/C18H21N7O/c19-12-3-4-16(21-10-12)24-8-5-13(6-9-24)23-17-14(18(20)26)11-22-25-7-1-2-15(17)25/h1-4,7,10-11,13,23H,5-6,8-9,19H2,(H2,20,26). The van der Waals surface area contributed by atoms with Crippen molar-refractivity contribution >= 4 is 28.6 Å². The number of piperidine rings is 1. The summed E-state index contributed by atoms with van der Waals surface area (Å²) in [6.07, 6.45) is 6.91. The van der Waals surface area contributed by atoms with E-state index in [1.165, 1.54) is 6.20 Å². The fourth-order valence-electron chi connectivity index (χ4n) is 3.37. The van der Waals surface area contributed by atoms with Crippen molar-refractivity contribution in [3.05, 3.63) is 48.4 Å². The molecule has 1 saturated heterocycles. The summed E-state index contributed by atoms with van der Waals surface area (Å²) in [4.78, 5) is 18.4. The van der Waals surface area contributed by atoms with E-state index in [2.05, 4.69) is 20.3 Å². The van der Waals surface area contributed by atoms with Crippen molar-refractivity contribution in [3.8, 4) is 0 Å². The number of hydrogen-bond acceptors (Lipinski definition) is 6. The van der Waals surface area contributed by atoms with Crippen molar-refractivity contribution in [1.82, 2.24) is 14.6 Å². The Bertz CT molecular complexity index is 926. The highest BCUT2D eigenvalue weighted by Gasteiger charge is 2.23. The summed E-state index contributed by atoms with van der Waals surface area (Å²) < 4.78 is 1.74. The quantitative estimate of drug-likeness (QED) is 0.656. The molecule has 0 atom stereocenters. The van der Waals surface area contributed by atoms with Gasteiger partial charge in [-0.25, -0.2) is 9.50 Å². The van der Waals surface area contributed by atoms with Crippen LogP contribution in [0.5, 0.6) is 0 Å². The molecule has 0 saturated carbocycles. The lowest BCUT2D eigenvalue weighted by atomic mass is 10.0. The predicted molar refractivity (Wildman–Crippen MR) is 101 cm³/mol. The van der Waals surface area contributed by atoms with Crippen LogP contribution in [0.4, 0.5) is 17.2 Å². The lowest BCUT2D eigenvalue weighted by Gasteiger charge is -2.34. The van der Waals surface area contributed by atoms with E-state index in [-0.39, 0.29) is 6.04 Å². The van der Waals surface area contributed by atoms with Gasteiger partial charge in [-0.05, 0) is 37.1 Å². The van der Waals surface area contributed by atoms with Crippen LogP contribution in [0.3, 0.4) is 0 Å². The summed E-state index contributed by atoms with van der Waals surface area (Å²) >= 11 is 0. The minimum absolute atomic E-state index is 0.249. The van der Waals surface area contributed by atoms with Gasteiger partial charge < -0.3 is 21.7 Å². The molecule has 134 valence electrons. The molecule has 4 heterocycles. The molecule has 0 spiro atoms. The lowest BCUT2D eigenvalue weighted by Crippen LogP contribution is -2.40. The molecule has 0 bridgehead atoms. The van der Waals surface area contributed by atoms with Gasteiger partial charge in [-0.2, -0.15) is 5.10 Å². The monoisotopic (exact) mass is 351 g/mol. The van der Waals surface area contributed by atoms with Crippen LogP contribution in [0, 0.1) is 0 Å². The number of hydrogen-bond donors (Lipinski definition) is 3.